The highest BCUT2D eigenvalue weighted by Gasteiger charge is 2.30. The van der Waals surface area contributed by atoms with Crippen LogP contribution in [0.4, 0.5) is 0 Å². The van der Waals surface area contributed by atoms with Gasteiger partial charge in [0.2, 0.25) is 5.91 Å². The number of amides is 1. The molecule has 0 aromatic carbocycles. The number of nitrogens with zero attached hydrogens (tertiary/aromatic N) is 2. The van der Waals surface area contributed by atoms with Gasteiger partial charge in [-0.25, -0.2) is 0 Å². The van der Waals surface area contributed by atoms with Gasteiger partial charge in [-0.1, -0.05) is 13.8 Å². The molecule has 0 aliphatic carbocycles. The largest absolute Gasteiger partial charge is 0.378 e. The van der Waals surface area contributed by atoms with Crippen molar-refractivity contribution in [3.05, 3.63) is 17.0 Å². The fraction of sp³-hybridized carbons (Fsp3) is 0.765. The first kappa shape index (κ1) is 17.0. The van der Waals surface area contributed by atoms with Crippen LogP contribution in [0.3, 0.4) is 0 Å². The van der Waals surface area contributed by atoms with Gasteiger partial charge >= 0.3 is 0 Å². The maximum absolute atomic E-state index is 12.1. The zero-order valence-electron chi connectivity index (χ0n) is 14.5. The minimum Gasteiger partial charge on any atom is -0.378 e. The zero-order valence-corrected chi connectivity index (χ0v) is 14.5. The van der Waals surface area contributed by atoms with E-state index in [2.05, 4.69) is 31.2 Å². The molecule has 0 radical (unpaired) electrons. The molecule has 1 aromatic heterocycles. The van der Waals surface area contributed by atoms with Gasteiger partial charge < -0.3 is 10.1 Å². The molecule has 5 nitrogen and oxygen atoms in total. The van der Waals surface area contributed by atoms with E-state index in [1.54, 1.807) is 0 Å². The highest BCUT2D eigenvalue weighted by Crippen LogP contribution is 2.26. The SMILES string of the molecule is Cc1nn(C)c(C)c1CCC(=O)NC[C@@H]1CCO[C@@H]1C(C)C. The fourth-order valence-electron chi connectivity index (χ4n) is 3.36. The normalized spacial score (nSPS) is 21.5. The van der Waals surface area contributed by atoms with E-state index in [-0.39, 0.29) is 12.0 Å². The van der Waals surface area contributed by atoms with E-state index in [4.69, 9.17) is 4.74 Å². The predicted molar refractivity (Wildman–Crippen MR) is 86.7 cm³/mol. The second-order valence-electron chi connectivity index (χ2n) is 6.71. The van der Waals surface area contributed by atoms with Gasteiger partial charge in [-0.15, -0.1) is 0 Å². The van der Waals surface area contributed by atoms with Crippen LogP contribution in [0.1, 0.15) is 43.6 Å². The van der Waals surface area contributed by atoms with Gasteiger partial charge in [0.1, 0.15) is 0 Å². The van der Waals surface area contributed by atoms with Crippen molar-refractivity contribution in [1.82, 2.24) is 15.1 Å². The van der Waals surface area contributed by atoms with E-state index in [1.807, 2.05) is 18.7 Å². The van der Waals surface area contributed by atoms with Gasteiger partial charge in [0, 0.05) is 38.2 Å². The Hall–Kier alpha value is -1.36. The lowest BCUT2D eigenvalue weighted by molar-refractivity contribution is -0.121. The van der Waals surface area contributed by atoms with Crippen molar-refractivity contribution in [3.8, 4) is 0 Å². The Labute approximate surface area is 133 Å². The first-order valence-electron chi connectivity index (χ1n) is 8.27. The number of aromatic nitrogens is 2. The van der Waals surface area contributed by atoms with Gasteiger partial charge in [0.15, 0.2) is 0 Å². The summed E-state index contributed by atoms with van der Waals surface area (Å²) in [6.45, 7) is 9.96. The molecule has 0 saturated carbocycles. The average Bonchev–Trinajstić information content (AvgIpc) is 3.01. The number of hydrogen-bond donors (Lipinski definition) is 1. The van der Waals surface area contributed by atoms with Crippen LogP contribution < -0.4 is 5.32 Å². The Morgan fingerprint density at radius 1 is 1.45 bits per heavy atom. The number of rotatable bonds is 6. The van der Waals surface area contributed by atoms with Gasteiger partial charge in [-0.05, 0) is 38.2 Å². The molecule has 2 atom stereocenters. The topological polar surface area (TPSA) is 56.2 Å². The molecule has 0 spiro atoms. The molecule has 1 saturated heterocycles. The first-order valence-corrected chi connectivity index (χ1v) is 8.27. The third-order valence-corrected chi connectivity index (χ3v) is 4.74. The minimum absolute atomic E-state index is 0.122. The number of hydrogen-bond acceptors (Lipinski definition) is 3. The van der Waals surface area contributed by atoms with E-state index >= 15 is 0 Å². The number of ether oxygens (including phenoxy) is 1. The summed E-state index contributed by atoms with van der Waals surface area (Å²) in [6.07, 6.45) is 2.60. The monoisotopic (exact) mass is 307 g/mol. The maximum atomic E-state index is 12.1. The third-order valence-electron chi connectivity index (χ3n) is 4.74. The lowest BCUT2D eigenvalue weighted by Crippen LogP contribution is -2.35. The van der Waals surface area contributed by atoms with Crippen LogP contribution in [0.25, 0.3) is 0 Å². The van der Waals surface area contributed by atoms with Crippen molar-refractivity contribution in [2.75, 3.05) is 13.2 Å². The molecule has 1 amide bonds. The molecular weight excluding hydrogens is 278 g/mol. The van der Waals surface area contributed by atoms with E-state index < -0.39 is 0 Å². The molecular formula is C17H29N3O2. The maximum Gasteiger partial charge on any atom is 0.220 e. The molecule has 5 heteroatoms. The second kappa shape index (κ2) is 7.27. The number of aryl methyl sites for hydroxylation is 2. The van der Waals surface area contributed by atoms with Crippen molar-refractivity contribution >= 4 is 5.91 Å². The molecule has 2 heterocycles. The minimum atomic E-state index is 0.122. The molecule has 124 valence electrons. The molecule has 1 aliphatic heterocycles. The molecule has 2 rings (SSSR count). The van der Waals surface area contributed by atoms with Crippen LogP contribution in [0, 0.1) is 25.7 Å². The van der Waals surface area contributed by atoms with Crippen molar-refractivity contribution in [3.63, 3.8) is 0 Å². The van der Waals surface area contributed by atoms with Crippen LogP contribution in [0.2, 0.25) is 0 Å². The van der Waals surface area contributed by atoms with E-state index in [0.29, 0.717) is 18.3 Å². The number of nitrogens with one attached hydrogen (secondary N) is 1. The summed E-state index contributed by atoms with van der Waals surface area (Å²) < 4.78 is 7.64. The van der Waals surface area contributed by atoms with Crippen LogP contribution in [0.5, 0.6) is 0 Å². The molecule has 1 aromatic rings. The summed E-state index contributed by atoms with van der Waals surface area (Å²) in [6, 6.07) is 0. The Balaban J connectivity index is 1.79. The van der Waals surface area contributed by atoms with Crippen molar-refractivity contribution in [1.29, 1.82) is 0 Å². The summed E-state index contributed by atoms with van der Waals surface area (Å²) in [5.74, 6) is 1.08. The molecule has 1 aliphatic rings. The zero-order chi connectivity index (χ0) is 16.3. The van der Waals surface area contributed by atoms with Gasteiger partial charge in [-0.2, -0.15) is 5.10 Å². The van der Waals surface area contributed by atoms with E-state index in [0.717, 1.165) is 37.4 Å². The fourth-order valence-corrected chi connectivity index (χ4v) is 3.36. The van der Waals surface area contributed by atoms with Crippen LogP contribution >= 0.6 is 0 Å². The van der Waals surface area contributed by atoms with E-state index in [1.165, 1.54) is 5.56 Å². The van der Waals surface area contributed by atoms with Crippen LogP contribution in [0.15, 0.2) is 0 Å². The Bertz CT molecular complexity index is 522. The summed E-state index contributed by atoms with van der Waals surface area (Å²) in [4.78, 5) is 12.1. The van der Waals surface area contributed by atoms with Crippen molar-refractivity contribution < 1.29 is 9.53 Å². The lowest BCUT2D eigenvalue weighted by atomic mass is 9.93. The summed E-state index contributed by atoms with van der Waals surface area (Å²) >= 11 is 0. The van der Waals surface area contributed by atoms with E-state index in [9.17, 15) is 4.79 Å². The Morgan fingerprint density at radius 3 is 2.77 bits per heavy atom. The average molecular weight is 307 g/mol. The predicted octanol–water partition coefficient (Wildman–Crippen LogP) is 2.15. The van der Waals surface area contributed by atoms with Crippen molar-refractivity contribution in [2.24, 2.45) is 18.9 Å². The summed E-state index contributed by atoms with van der Waals surface area (Å²) in [5.41, 5.74) is 3.37. The van der Waals surface area contributed by atoms with Crippen LogP contribution in [-0.2, 0) is 23.0 Å². The summed E-state index contributed by atoms with van der Waals surface area (Å²) in [5, 5.41) is 7.47. The highest BCUT2D eigenvalue weighted by atomic mass is 16.5. The molecule has 0 bridgehead atoms. The second-order valence-corrected chi connectivity index (χ2v) is 6.71. The third kappa shape index (κ3) is 3.88. The first-order chi connectivity index (χ1) is 10.4. The molecule has 0 unspecified atom stereocenters. The standard InChI is InChI=1S/C17H29N3O2/c1-11(2)17-14(8-9-22-17)10-18-16(21)7-6-15-12(3)19-20(5)13(15)4/h11,14,17H,6-10H2,1-5H3,(H,18,21)/t14-,17+/m0/s1. The quantitative estimate of drug-likeness (QED) is 0.876. The van der Waals surface area contributed by atoms with Crippen molar-refractivity contribution in [2.45, 2.75) is 53.1 Å². The van der Waals surface area contributed by atoms with Gasteiger partial charge in [-0.3, -0.25) is 9.48 Å². The Kier molecular flexibility index (Phi) is 5.62. The van der Waals surface area contributed by atoms with Crippen LogP contribution in [-0.4, -0.2) is 34.9 Å². The number of carbonyl (C=O) groups is 1. The van der Waals surface area contributed by atoms with Gasteiger partial charge in [0.25, 0.3) is 0 Å². The molecule has 22 heavy (non-hydrogen) atoms. The Morgan fingerprint density at radius 2 is 2.18 bits per heavy atom. The smallest absolute Gasteiger partial charge is 0.220 e. The summed E-state index contributed by atoms with van der Waals surface area (Å²) in [7, 11) is 1.94. The van der Waals surface area contributed by atoms with Gasteiger partial charge in [0.05, 0.1) is 11.8 Å². The highest BCUT2D eigenvalue weighted by molar-refractivity contribution is 5.76. The molecule has 1 N–H and O–H groups in total. The lowest BCUT2D eigenvalue weighted by Gasteiger charge is -2.22. The molecule has 1 fully saturated rings. The number of carbonyl (C=O) groups excluding carboxylic acids is 1.